The van der Waals surface area contributed by atoms with E-state index in [4.69, 9.17) is 14.2 Å². The number of amides is 2. The summed E-state index contributed by atoms with van der Waals surface area (Å²) in [7, 11) is 3.13. The van der Waals surface area contributed by atoms with E-state index in [0.29, 0.717) is 18.0 Å². The van der Waals surface area contributed by atoms with Crippen LogP contribution in [0.25, 0.3) is 0 Å². The molecule has 29 heavy (non-hydrogen) atoms. The molecule has 0 aliphatic rings. The first kappa shape index (κ1) is 22.1. The highest BCUT2D eigenvalue weighted by atomic mass is 16.5. The van der Waals surface area contributed by atoms with Crippen molar-refractivity contribution in [3.8, 4) is 17.2 Å². The van der Waals surface area contributed by atoms with Gasteiger partial charge in [0.15, 0.2) is 18.1 Å². The highest BCUT2D eigenvalue weighted by molar-refractivity contribution is 5.87. The molecule has 0 heterocycles. The molecule has 2 aromatic rings. The lowest BCUT2D eigenvalue weighted by Crippen LogP contribution is -2.49. The van der Waals surface area contributed by atoms with E-state index in [-0.39, 0.29) is 25.0 Å². The fourth-order valence-electron chi connectivity index (χ4n) is 2.79. The Bertz CT molecular complexity index is 807. The zero-order valence-electron chi connectivity index (χ0n) is 17.3. The van der Waals surface area contributed by atoms with Gasteiger partial charge < -0.3 is 24.4 Å². The first-order chi connectivity index (χ1) is 14.0. The molecule has 0 saturated heterocycles. The molecule has 0 aliphatic heterocycles. The number of hydrogen-bond donors (Lipinski definition) is 1. The summed E-state index contributed by atoms with van der Waals surface area (Å²) in [6, 6.07) is 13.8. The van der Waals surface area contributed by atoms with Gasteiger partial charge in [-0.15, -0.1) is 0 Å². The van der Waals surface area contributed by atoms with Crippen LogP contribution in [0.1, 0.15) is 19.4 Å². The maximum Gasteiger partial charge on any atom is 0.261 e. The first-order valence-electron chi connectivity index (χ1n) is 9.46. The van der Waals surface area contributed by atoms with Crippen LogP contribution < -0.4 is 19.5 Å². The molecule has 0 aliphatic carbocycles. The van der Waals surface area contributed by atoms with Crippen molar-refractivity contribution in [1.82, 2.24) is 10.2 Å². The summed E-state index contributed by atoms with van der Waals surface area (Å²) < 4.78 is 16.1. The Morgan fingerprint density at radius 3 is 2.24 bits per heavy atom. The van der Waals surface area contributed by atoms with Crippen LogP contribution in [0, 0.1) is 0 Å². The van der Waals surface area contributed by atoms with Crippen molar-refractivity contribution in [1.29, 1.82) is 0 Å². The molecule has 0 saturated carbocycles. The summed E-state index contributed by atoms with van der Waals surface area (Å²) in [5.74, 6) is 1.22. The van der Waals surface area contributed by atoms with Gasteiger partial charge in [-0.2, -0.15) is 0 Å². The van der Waals surface area contributed by atoms with E-state index in [1.165, 1.54) is 12.0 Å². The van der Waals surface area contributed by atoms with Crippen LogP contribution in [0.15, 0.2) is 48.5 Å². The largest absolute Gasteiger partial charge is 0.497 e. The Morgan fingerprint density at radius 1 is 1.00 bits per heavy atom. The Morgan fingerprint density at radius 2 is 1.66 bits per heavy atom. The summed E-state index contributed by atoms with van der Waals surface area (Å²) in [5, 5.41) is 2.76. The number of nitrogens with one attached hydrogen (secondary N) is 1. The number of para-hydroxylation sites is 2. The van der Waals surface area contributed by atoms with E-state index in [0.717, 1.165) is 11.3 Å². The molecule has 156 valence electrons. The molecule has 2 rings (SSSR count). The minimum Gasteiger partial charge on any atom is -0.497 e. The fraction of sp³-hybridized carbons (Fsp3) is 0.364. The van der Waals surface area contributed by atoms with Crippen molar-refractivity contribution in [3.05, 3.63) is 54.1 Å². The Hall–Kier alpha value is -3.22. The number of benzene rings is 2. The van der Waals surface area contributed by atoms with Crippen molar-refractivity contribution in [3.63, 3.8) is 0 Å². The monoisotopic (exact) mass is 400 g/mol. The molecule has 2 amide bonds. The van der Waals surface area contributed by atoms with Crippen LogP contribution in [0.2, 0.25) is 0 Å². The number of hydrogen-bond acceptors (Lipinski definition) is 5. The SMILES string of the molecule is CCNC(=O)[C@H](C)N(Cc1ccc(OC)cc1)C(=O)COc1ccccc1OC. The topological polar surface area (TPSA) is 77.1 Å². The van der Waals surface area contributed by atoms with Crippen molar-refractivity contribution >= 4 is 11.8 Å². The average molecular weight is 400 g/mol. The molecule has 0 bridgehead atoms. The van der Waals surface area contributed by atoms with Crippen LogP contribution in [0.3, 0.4) is 0 Å². The predicted octanol–water partition coefficient (Wildman–Crippen LogP) is 2.64. The Balaban J connectivity index is 2.15. The summed E-state index contributed by atoms with van der Waals surface area (Å²) in [4.78, 5) is 26.8. The second-order valence-electron chi connectivity index (χ2n) is 6.38. The maximum absolute atomic E-state index is 12.9. The Labute approximate surface area is 171 Å². The first-order valence-corrected chi connectivity index (χ1v) is 9.46. The van der Waals surface area contributed by atoms with Gasteiger partial charge in [-0.05, 0) is 43.7 Å². The summed E-state index contributed by atoms with van der Waals surface area (Å²) in [6.07, 6.45) is 0. The van der Waals surface area contributed by atoms with E-state index < -0.39 is 6.04 Å². The standard InChI is InChI=1S/C22H28N2O5/c1-5-23-22(26)16(2)24(14-17-10-12-18(27-3)13-11-17)21(25)15-29-20-9-7-6-8-19(20)28-4/h6-13,16H,5,14-15H2,1-4H3,(H,23,26)/t16-/m0/s1. The number of carbonyl (C=O) groups is 2. The normalized spacial score (nSPS) is 11.3. The van der Waals surface area contributed by atoms with Crippen molar-refractivity contribution in [2.45, 2.75) is 26.4 Å². The molecular formula is C22H28N2O5. The molecule has 0 spiro atoms. The lowest BCUT2D eigenvalue weighted by molar-refractivity contribution is -0.142. The number of likely N-dealkylation sites (N-methyl/N-ethyl adjacent to an activating group) is 1. The summed E-state index contributed by atoms with van der Waals surface area (Å²) >= 11 is 0. The molecule has 0 radical (unpaired) electrons. The van der Waals surface area contributed by atoms with E-state index in [1.54, 1.807) is 32.2 Å². The van der Waals surface area contributed by atoms with Gasteiger partial charge in [-0.1, -0.05) is 24.3 Å². The van der Waals surface area contributed by atoms with Crippen LogP contribution in [0.5, 0.6) is 17.2 Å². The quantitative estimate of drug-likeness (QED) is 0.663. The van der Waals surface area contributed by atoms with Gasteiger partial charge in [0.25, 0.3) is 5.91 Å². The molecule has 0 aromatic heterocycles. The number of nitrogens with zero attached hydrogens (tertiary/aromatic N) is 1. The smallest absolute Gasteiger partial charge is 0.261 e. The lowest BCUT2D eigenvalue weighted by Gasteiger charge is -2.28. The van der Waals surface area contributed by atoms with E-state index in [1.807, 2.05) is 37.3 Å². The third kappa shape index (κ3) is 6.14. The Kier molecular flexibility index (Phi) is 8.33. The van der Waals surface area contributed by atoms with Gasteiger partial charge in [0.2, 0.25) is 5.91 Å². The third-order valence-corrected chi connectivity index (χ3v) is 4.45. The zero-order valence-corrected chi connectivity index (χ0v) is 17.3. The number of carbonyl (C=O) groups excluding carboxylic acids is 2. The van der Waals surface area contributed by atoms with Gasteiger partial charge in [-0.25, -0.2) is 0 Å². The summed E-state index contributed by atoms with van der Waals surface area (Å²) in [5.41, 5.74) is 0.882. The van der Waals surface area contributed by atoms with Crippen LogP contribution in [-0.2, 0) is 16.1 Å². The van der Waals surface area contributed by atoms with E-state index >= 15 is 0 Å². The van der Waals surface area contributed by atoms with E-state index in [2.05, 4.69) is 5.32 Å². The highest BCUT2D eigenvalue weighted by Gasteiger charge is 2.26. The molecule has 1 atom stereocenters. The summed E-state index contributed by atoms with van der Waals surface area (Å²) in [6.45, 7) is 4.10. The van der Waals surface area contributed by atoms with Crippen LogP contribution in [-0.4, -0.2) is 50.1 Å². The number of rotatable bonds is 10. The molecule has 0 unspecified atom stereocenters. The van der Waals surface area contributed by atoms with Crippen LogP contribution >= 0.6 is 0 Å². The van der Waals surface area contributed by atoms with E-state index in [9.17, 15) is 9.59 Å². The number of methoxy groups -OCH3 is 2. The zero-order chi connectivity index (χ0) is 21.2. The van der Waals surface area contributed by atoms with Crippen molar-refractivity contribution < 1.29 is 23.8 Å². The van der Waals surface area contributed by atoms with Crippen molar-refractivity contribution in [2.24, 2.45) is 0 Å². The minimum atomic E-state index is -0.647. The maximum atomic E-state index is 12.9. The molecule has 0 fully saturated rings. The third-order valence-electron chi connectivity index (χ3n) is 4.45. The second-order valence-corrected chi connectivity index (χ2v) is 6.38. The highest BCUT2D eigenvalue weighted by Crippen LogP contribution is 2.26. The predicted molar refractivity (Wildman–Crippen MR) is 110 cm³/mol. The molecule has 7 heteroatoms. The minimum absolute atomic E-state index is 0.208. The molecule has 7 nitrogen and oxygen atoms in total. The fourth-order valence-corrected chi connectivity index (χ4v) is 2.79. The second kappa shape index (κ2) is 10.9. The molecular weight excluding hydrogens is 372 g/mol. The molecule has 1 N–H and O–H groups in total. The van der Waals surface area contributed by atoms with Gasteiger partial charge in [0, 0.05) is 13.1 Å². The van der Waals surface area contributed by atoms with Gasteiger partial charge >= 0.3 is 0 Å². The average Bonchev–Trinajstić information content (AvgIpc) is 2.76. The lowest BCUT2D eigenvalue weighted by atomic mass is 10.1. The molecule has 2 aromatic carbocycles. The van der Waals surface area contributed by atoms with Crippen molar-refractivity contribution in [2.75, 3.05) is 27.4 Å². The van der Waals surface area contributed by atoms with Crippen LogP contribution in [0.4, 0.5) is 0 Å². The van der Waals surface area contributed by atoms with Gasteiger partial charge in [0.1, 0.15) is 11.8 Å². The van der Waals surface area contributed by atoms with Gasteiger partial charge in [-0.3, -0.25) is 9.59 Å². The van der Waals surface area contributed by atoms with Gasteiger partial charge in [0.05, 0.1) is 14.2 Å². The number of ether oxygens (including phenoxy) is 3.